The Bertz CT molecular complexity index is 996. The number of fused-ring (bicyclic) bond motifs is 1. The molecule has 0 fully saturated rings. The van der Waals surface area contributed by atoms with E-state index in [0.717, 1.165) is 28.5 Å². The molecule has 0 saturated carbocycles. The summed E-state index contributed by atoms with van der Waals surface area (Å²) in [5.74, 6) is 0.116. The van der Waals surface area contributed by atoms with Crippen molar-refractivity contribution in [1.82, 2.24) is 15.6 Å². The van der Waals surface area contributed by atoms with E-state index >= 15 is 0 Å². The summed E-state index contributed by atoms with van der Waals surface area (Å²) < 4.78 is 18.5. The van der Waals surface area contributed by atoms with Crippen LogP contribution in [0.3, 0.4) is 0 Å². The Balaban J connectivity index is 1.49. The van der Waals surface area contributed by atoms with Gasteiger partial charge in [-0.05, 0) is 54.8 Å². The van der Waals surface area contributed by atoms with Crippen molar-refractivity contribution >= 4 is 22.8 Å². The Morgan fingerprint density at radius 3 is 2.69 bits per heavy atom. The molecule has 0 atom stereocenters. The van der Waals surface area contributed by atoms with Crippen molar-refractivity contribution in [1.29, 1.82) is 0 Å². The van der Waals surface area contributed by atoms with Gasteiger partial charge in [-0.3, -0.25) is 4.99 Å². The first-order valence-electron chi connectivity index (χ1n) is 9.56. The Labute approximate surface area is 169 Å². The minimum atomic E-state index is -0.318. The predicted molar refractivity (Wildman–Crippen MR) is 113 cm³/mol. The summed E-state index contributed by atoms with van der Waals surface area (Å²) in [4.78, 5) is 19.1. The van der Waals surface area contributed by atoms with Gasteiger partial charge in [0, 0.05) is 37.2 Å². The largest absolute Gasteiger partial charge is 0.462 e. The molecule has 152 valence electrons. The van der Waals surface area contributed by atoms with Gasteiger partial charge < -0.3 is 20.4 Å². The number of aromatic nitrogens is 1. The van der Waals surface area contributed by atoms with Crippen LogP contribution in [-0.4, -0.2) is 37.1 Å². The van der Waals surface area contributed by atoms with Gasteiger partial charge in [0.2, 0.25) is 0 Å². The molecule has 0 unspecified atom stereocenters. The Morgan fingerprint density at radius 2 is 1.97 bits per heavy atom. The van der Waals surface area contributed by atoms with Crippen molar-refractivity contribution < 1.29 is 13.9 Å². The summed E-state index contributed by atoms with van der Waals surface area (Å²) in [6.07, 6.45) is 2.64. The summed E-state index contributed by atoms with van der Waals surface area (Å²) >= 11 is 0. The summed E-state index contributed by atoms with van der Waals surface area (Å²) in [6, 6.07) is 12.0. The molecule has 0 saturated heterocycles. The highest BCUT2D eigenvalue weighted by atomic mass is 19.1. The number of aromatic amines is 1. The molecule has 1 heterocycles. The van der Waals surface area contributed by atoms with Crippen molar-refractivity contribution in [2.45, 2.75) is 19.9 Å². The number of H-pyrrole nitrogens is 1. The smallest absolute Gasteiger partial charge is 0.338 e. The molecule has 3 N–H and O–H groups in total. The normalized spacial score (nSPS) is 11.5. The highest BCUT2D eigenvalue weighted by Crippen LogP contribution is 2.19. The molecule has 6 nitrogen and oxygen atoms in total. The molecule has 3 rings (SSSR count). The molecule has 7 heteroatoms. The van der Waals surface area contributed by atoms with E-state index in [4.69, 9.17) is 4.74 Å². The molecule has 0 spiro atoms. The quantitative estimate of drug-likeness (QED) is 0.325. The average molecular weight is 396 g/mol. The number of benzene rings is 2. The second kappa shape index (κ2) is 9.73. The zero-order valence-electron chi connectivity index (χ0n) is 16.6. The van der Waals surface area contributed by atoms with Crippen molar-refractivity contribution in [2.75, 3.05) is 20.2 Å². The highest BCUT2D eigenvalue weighted by Gasteiger charge is 2.07. The number of guanidine groups is 1. The molecule has 29 heavy (non-hydrogen) atoms. The molecular weight excluding hydrogens is 371 g/mol. The van der Waals surface area contributed by atoms with Gasteiger partial charge in [0.25, 0.3) is 0 Å². The van der Waals surface area contributed by atoms with Gasteiger partial charge in [0.15, 0.2) is 5.96 Å². The number of aliphatic imine (C=N–C) groups is 1. The molecule has 0 radical (unpaired) electrons. The minimum absolute atomic E-state index is 0.238. The summed E-state index contributed by atoms with van der Waals surface area (Å²) in [6.45, 7) is 3.37. The van der Waals surface area contributed by atoms with Gasteiger partial charge in [-0.15, -0.1) is 0 Å². The van der Waals surface area contributed by atoms with Gasteiger partial charge in [-0.25, -0.2) is 9.18 Å². The first-order valence-corrected chi connectivity index (χ1v) is 9.56. The minimum Gasteiger partial charge on any atom is -0.462 e. The number of nitrogens with one attached hydrogen (secondary N) is 3. The third kappa shape index (κ3) is 5.34. The molecular formula is C22H25FN4O2. The number of rotatable bonds is 7. The lowest BCUT2D eigenvalue weighted by atomic mass is 10.1. The number of halogens is 1. The number of nitrogens with zero attached hydrogens (tertiary/aromatic N) is 1. The standard InChI is InChI=1S/C22H25FN4O2/c1-3-29-21(28)16-6-4-15(5-7-16)13-27-22(24-2)25-11-10-17-14-26-20-9-8-18(23)12-19(17)20/h4-9,12,14,26H,3,10-11,13H2,1-2H3,(H2,24,25,27). The van der Waals surface area contributed by atoms with E-state index in [1.54, 1.807) is 38.2 Å². The number of carbonyl (C=O) groups excluding carboxylic acids is 1. The molecule has 0 aliphatic rings. The lowest BCUT2D eigenvalue weighted by molar-refractivity contribution is 0.0526. The summed E-state index contributed by atoms with van der Waals surface area (Å²) in [5.41, 5.74) is 3.54. The number of ether oxygens (including phenoxy) is 1. The summed E-state index contributed by atoms with van der Waals surface area (Å²) in [7, 11) is 1.71. The van der Waals surface area contributed by atoms with E-state index in [9.17, 15) is 9.18 Å². The molecule has 3 aromatic rings. The van der Waals surface area contributed by atoms with Crippen LogP contribution in [0.15, 0.2) is 53.7 Å². The molecule has 0 aliphatic carbocycles. The van der Waals surface area contributed by atoms with Crippen molar-refractivity contribution in [3.63, 3.8) is 0 Å². The fraction of sp³-hybridized carbons (Fsp3) is 0.273. The van der Waals surface area contributed by atoms with E-state index in [-0.39, 0.29) is 11.8 Å². The Morgan fingerprint density at radius 1 is 1.17 bits per heavy atom. The molecule has 2 aromatic carbocycles. The fourth-order valence-corrected chi connectivity index (χ4v) is 3.05. The zero-order valence-corrected chi connectivity index (χ0v) is 16.6. The van der Waals surface area contributed by atoms with E-state index in [2.05, 4.69) is 20.6 Å². The summed E-state index contributed by atoms with van der Waals surface area (Å²) in [5, 5.41) is 7.40. The highest BCUT2D eigenvalue weighted by molar-refractivity contribution is 5.89. The average Bonchev–Trinajstić information content (AvgIpc) is 3.13. The second-order valence-corrected chi connectivity index (χ2v) is 6.52. The van der Waals surface area contributed by atoms with Crippen LogP contribution in [0.1, 0.15) is 28.4 Å². The fourth-order valence-electron chi connectivity index (χ4n) is 3.05. The van der Waals surface area contributed by atoms with Crippen molar-refractivity contribution in [3.05, 3.63) is 71.2 Å². The van der Waals surface area contributed by atoms with Crippen LogP contribution in [0.4, 0.5) is 4.39 Å². The maximum Gasteiger partial charge on any atom is 0.338 e. The first-order chi connectivity index (χ1) is 14.1. The molecule has 0 amide bonds. The third-order valence-electron chi connectivity index (χ3n) is 4.56. The zero-order chi connectivity index (χ0) is 20.6. The molecule has 0 bridgehead atoms. The van der Waals surface area contributed by atoms with Crippen LogP contribution in [-0.2, 0) is 17.7 Å². The number of hydrogen-bond acceptors (Lipinski definition) is 3. The van der Waals surface area contributed by atoms with E-state index in [0.29, 0.717) is 31.2 Å². The van der Waals surface area contributed by atoms with Gasteiger partial charge >= 0.3 is 5.97 Å². The van der Waals surface area contributed by atoms with Gasteiger partial charge in [0.05, 0.1) is 12.2 Å². The van der Waals surface area contributed by atoms with Crippen LogP contribution in [0.5, 0.6) is 0 Å². The molecule has 0 aliphatic heterocycles. The maximum atomic E-state index is 13.5. The van der Waals surface area contributed by atoms with Gasteiger partial charge in [0.1, 0.15) is 5.82 Å². The molecule has 1 aromatic heterocycles. The van der Waals surface area contributed by atoms with Gasteiger partial charge in [-0.1, -0.05) is 12.1 Å². The maximum absolute atomic E-state index is 13.5. The lowest BCUT2D eigenvalue weighted by Crippen LogP contribution is -2.37. The lowest BCUT2D eigenvalue weighted by Gasteiger charge is -2.12. The van der Waals surface area contributed by atoms with Crippen LogP contribution in [0, 0.1) is 5.82 Å². The van der Waals surface area contributed by atoms with Crippen LogP contribution >= 0.6 is 0 Å². The number of hydrogen-bond donors (Lipinski definition) is 3. The van der Waals surface area contributed by atoms with Crippen molar-refractivity contribution in [2.24, 2.45) is 4.99 Å². The van der Waals surface area contributed by atoms with Crippen LogP contribution in [0.25, 0.3) is 10.9 Å². The SMILES string of the molecule is CCOC(=O)c1ccc(CNC(=NC)NCCc2c[nH]c3ccc(F)cc23)cc1. The Kier molecular flexibility index (Phi) is 6.84. The number of esters is 1. The van der Waals surface area contributed by atoms with E-state index in [1.165, 1.54) is 6.07 Å². The Hall–Kier alpha value is -3.35. The van der Waals surface area contributed by atoms with Crippen LogP contribution in [0.2, 0.25) is 0 Å². The van der Waals surface area contributed by atoms with E-state index in [1.807, 2.05) is 18.3 Å². The predicted octanol–water partition coefficient (Wildman–Crippen LogP) is 3.39. The van der Waals surface area contributed by atoms with Gasteiger partial charge in [-0.2, -0.15) is 0 Å². The monoisotopic (exact) mass is 396 g/mol. The third-order valence-corrected chi connectivity index (χ3v) is 4.56. The van der Waals surface area contributed by atoms with E-state index < -0.39 is 0 Å². The van der Waals surface area contributed by atoms with Crippen LogP contribution < -0.4 is 10.6 Å². The number of carbonyl (C=O) groups is 1. The topological polar surface area (TPSA) is 78.5 Å². The van der Waals surface area contributed by atoms with Crippen molar-refractivity contribution in [3.8, 4) is 0 Å². The first kappa shape index (κ1) is 20.4. The second-order valence-electron chi connectivity index (χ2n) is 6.52.